The molecule has 1 rings (SSSR count). The number of hydrogen-bond donors (Lipinski definition) is 0. The molecule has 0 fully saturated rings. The zero-order chi connectivity index (χ0) is 10.4. The molecule has 0 aliphatic heterocycles. The SMILES string of the molecule is CC(C#N)=NOC(=O)c1ccccc1. The Kier molecular flexibility index (Phi) is 3.39. The minimum atomic E-state index is -0.569. The van der Waals surface area contributed by atoms with Crippen LogP contribution >= 0.6 is 0 Å². The van der Waals surface area contributed by atoms with Crippen molar-refractivity contribution in [2.24, 2.45) is 5.16 Å². The lowest BCUT2D eigenvalue weighted by molar-refractivity contribution is 0.0517. The van der Waals surface area contributed by atoms with Crippen molar-refractivity contribution in [3.63, 3.8) is 0 Å². The van der Waals surface area contributed by atoms with Gasteiger partial charge in [0.25, 0.3) is 0 Å². The van der Waals surface area contributed by atoms with Gasteiger partial charge in [0, 0.05) is 0 Å². The van der Waals surface area contributed by atoms with Crippen molar-refractivity contribution < 1.29 is 9.63 Å². The van der Waals surface area contributed by atoms with Gasteiger partial charge in [0.15, 0.2) is 5.71 Å². The van der Waals surface area contributed by atoms with Gasteiger partial charge in [-0.05, 0) is 19.1 Å². The fourth-order valence-corrected chi connectivity index (χ4v) is 0.757. The summed E-state index contributed by atoms with van der Waals surface area (Å²) in [4.78, 5) is 15.7. The molecular weight excluding hydrogens is 180 g/mol. The predicted molar refractivity (Wildman–Crippen MR) is 50.6 cm³/mol. The Labute approximate surface area is 81.4 Å². The van der Waals surface area contributed by atoms with Crippen LogP contribution in [0, 0.1) is 11.3 Å². The van der Waals surface area contributed by atoms with E-state index in [1.165, 1.54) is 6.92 Å². The number of oxime groups is 1. The Bertz CT molecular complexity index is 390. The molecule has 0 bridgehead atoms. The Hall–Kier alpha value is -2.15. The van der Waals surface area contributed by atoms with Gasteiger partial charge in [-0.1, -0.05) is 23.4 Å². The molecule has 0 saturated heterocycles. The van der Waals surface area contributed by atoms with Crippen molar-refractivity contribution in [3.8, 4) is 6.07 Å². The molecule has 0 aliphatic rings. The average molecular weight is 188 g/mol. The van der Waals surface area contributed by atoms with E-state index in [4.69, 9.17) is 5.26 Å². The number of carbonyl (C=O) groups is 1. The highest BCUT2D eigenvalue weighted by atomic mass is 16.7. The highest BCUT2D eigenvalue weighted by Crippen LogP contribution is 2.01. The molecule has 0 heterocycles. The first-order chi connectivity index (χ1) is 6.74. The van der Waals surface area contributed by atoms with Gasteiger partial charge >= 0.3 is 5.97 Å². The molecule has 0 unspecified atom stereocenters. The minimum Gasteiger partial charge on any atom is -0.312 e. The molecule has 14 heavy (non-hydrogen) atoms. The second kappa shape index (κ2) is 4.77. The van der Waals surface area contributed by atoms with Gasteiger partial charge in [-0.25, -0.2) is 4.79 Å². The molecule has 0 radical (unpaired) electrons. The summed E-state index contributed by atoms with van der Waals surface area (Å²) >= 11 is 0. The number of hydrogen-bond acceptors (Lipinski definition) is 4. The maximum atomic E-state index is 11.2. The van der Waals surface area contributed by atoms with E-state index < -0.39 is 5.97 Å². The minimum absolute atomic E-state index is 0.106. The Balaban J connectivity index is 2.66. The van der Waals surface area contributed by atoms with E-state index in [0.717, 1.165) is 0 Å². The van der Waals surface area contributed by atoms with E-state index in [9.17, 15) is 4.79 Å². The molecule has 0 atom stereocenters. The van der Waals surface area contributed by atoms with Crippen LogP contribution < -0.4 is 0 Å². The molecule has 0 saturated carbocycles. The maximum absolute atomic E-state index is 11.2. The lowest BCUT2D eigenvalue weighted by atomic mass is 10.2. The lowest BCUT2D eigenvalue weighted by Crippen LogP contribution is -2.01. The maximum Gasteiger partial charge on any atom is 0.365 e. The Morgan fingerprint density at radius 1 is 1.43 bits per heavy atom. The van der Waals surface area contributed by atoms with E-state index >= 15 is 0 Å². The van der Waals surface area contributed by atoms with Gasteiger partial charge in [0.1, 0.15) is 6.07 Å². The van der Waals surface area contributed by atoms with Gasteiger partial charge in [0.2, 0.25) is 0 Å². The van der Waals surface area contributed by atoms with Gasteiger partial charge < -0.3 is 4.84 Å². The molecule has 1 aromatic carbocycles. The van der Waals surface area contributed by atoms with Crippen molar-refractivity contribution in [3.05, 3.63) is 35.9 Å². The van der Waals surface area contributed by atoms with Crippen LogP contribution in [0.5, 0.6) is 0 Å². The highest BCUT2D eigenvalue weighted by Gasteiger charge is 2.05. The summed E-state index contributed by atoms with van der Waals surface area (Å²) in [6.07, 6.45) is 0. The highest BCUT2D eigenvalue weighted by molar-refractivity contribution is 5.97. The number of nitrogens with zero attached hydrogens (tertiary/aromatic N) is 2. The van der Waals surface area contributed by atoms with Crippen LogP contribution in [0.15, 0.2) is 35.5 Å². The van der Waals surface area contributed by atoms with Crippen LogP contribution in [0.1, 0.15) is 17.3 Å². The summed E-state index contributed by atoms with van der Waals surface area (Å²) in [7, 11) is 0. The fourth-order valence-electron chi connectivity index (χ4n) is 0.757. The summed E-state index contributed by atoms with van der Waals surface area (Å²) in [5, 5.41) is 11.7. The molecule has 4 nitrogen and oxygen atoms in total. The van der Waals surface area contributed by atoms with Crippen LogP contribution in [0.25, 0.3) is 0 Å². The first kappa shape index (κ1) is 9.93. The standard InChI is InChI=1S/C10H8N2O2/c1-8(7-11)12-14-10(13)9-5-3-2-4-6-9/h2-6H,1H3. The van der Waals surface area contributed by atoms with E-state index in [1.807, 2.05) is 0 Å². The molecule has 4 heteroatoms. The molecule has 0 amide bonds. The van der Waals surface area contributed by atoms with Crippen molar-refractivity contribution in [1.29, 1.82) is 5.26 Å². The van der Waals surface area contributed by atoms with Crippen LogP contribution in [0.4, 0.5) is 0 Å². The van der Waals surface area contributed by atoms with E-state index in [0.29, 0.717) is 5.56 Å². The predicted octanol–water partition coefficient (Wildman–Crippen LogP) is 1.74. The number of benzene rings is 1. The monoisotopic (exact) mass is 188 g/mol. The summed E-state index contributed by atoms with van der Waals surface area (Å²) < 4.78 is 0. The van der Waals surface area contributed by atoms with Crippen molar-refractivity contribution in [2.45, 2.75) is 6.92 Å². The van der Waals surface area contributed by atoms with Crippen molar-refractivity contribution in [2.75, 3.05) is 0 Å². The summed E-state index contributed by atoms with van der Waals surface area (Å²) in [5.74, 6) is -0.569. The molecule has 1 aromatic rings. The second-order valence-corrected chi connectivity index (χ2v) is 2.53. The third kappa shape index (κ3) is 2.72. The number of carbonyl (C=O) groups excluding carboxylic acids is 1. The number of nitriles is 1. The number of rotatable bonds is 2. The van der Waals surface area contributed by atoms with Crippen LogP contribution in [-0.2, 0) is 4.84 Å². The van der Waals surface area contributed by atoms with Gasteiger partial charge in [-0.15, -0.1) is 0 Å². The summed E-state index contributed by atoms with van der Waals surface area (Å²) in [6.45, 7) is 1.46. The van der Waals surface area contributed by atoms with Crippen LogP contribution in [0.2, 0.25) is 0 Å². The van der Waals surface area contributed by atoms with Crippen LogP contribution in [0.3, 0.4) is 0 Å². The smallest absolute Gasteiger partial charge is 0.312 e. The van der Waals surface area contributed by atoms with E-state index in [-0.39, 0.29) is 5.71 Å². The summed E-state index contributed by atoms with van der Waals surface area (Å²) in [5.41, 5.74) is 0.510. The zero-order valence-corrected chi connectivity index (χ0v) is 7.60. The largest absolute Gasteiger partial charge is 0.365 e. The molecule has 0 aliphatic carbocycles. The Morgan fingerprint density at radius 2 is 2.07 bits per heavy atom. The van der Waals surface area contributed by atoms with Gasteiger partial charge in [-0.3, -0.25) is 0 Å². The van der Waals surface area contributed by atoms with Crippen LogP contribution in [-0.4, -0.2) is 11.7 Å². The van der Waals surface area contributed by atoms with E-state index in [2.05, 4.69) is 9.99 Å². The third-order valence-electron chi connectivity index (χ3n) is 1.44. The summed E-state index contributed by atoms with van der Waals surface area (Å²) in [6, 6.07) is 10.2. The first-order valence-electron chi connectivity index (χ1n) is 3.95. The normalized spacial score (nSPS) is 10.4. The second-order valence-electron chi connectivity index (χ2n) is 2.53. The third-order valence-corrected chi connectivity index (χ3v) is 1.44. The molecular formula is C10H8N2O2. The molecule has 0 aromatic heterocycles. The average Bonchev–Trinajstić information content (AvgIpc) is 2.26. The molecule has 70 valence electrons. The first-order valence-corrected chi connectivity index (χ1v) is 3.95. The lowest BCUT2D eigenvalue weighted by Gasteiger charge is -1.96. The van der Waals surface area contributed by atoms with Gasteiger partial charge in [-0.2, -0.15) is 5.26 Å². The fraction of sp³-hybridized carbons (Fsp3) is 0.100. The van der Waals surface area contributed by atoms with Crippen molar-refractivity contribution >= 4 is 11.7 Å². The quantitative estimate of drug-likeness (QED) is 0.403. The topological polar surface area (TPSA) is 62.4 Å². The molecule has 0 N–H and O–H groups in total. The zero-order valence-electron chi connectivity index (χ0n) is 7.60. The van der Waals surface area contributed by atoms with E-state index in [1.54, 1.807) is 36.4 Å². The Morgan fingerprint density at radius 3 is 2.64 bits per heavy atom. The van der Waals surface area contributed by atoms with Crippen molar-refractivity contribution in [1.82, 2.24) is 0 Å². The van der Waals surface area contributed by atoms with Gasteiger partial charge in [0.05, 0.1) is 5.56 Å². The molecule has 0 spiro atoms.